The fraction of sp³-hybridized carbons (Fsp3) is 0.227. The summed E-state index contributed by atoms with van der Waals surface area (Å²) in [5.74, 6) is 1.24. The van der Waals surface area contributed by atoms with Gasteiger partial charge in [0.25, 0.3) is 11.1 Å². The van der Waals surface area contributed by atoms with Crippen LogP contribution >= 0.6 is 23.2 Å². The first-order chi connectivity index (χ1) is 26.6. The van der Waals surface area contributed by atoms with E-state index in [0.717, 1.165) is 44.7 Å². The molecule has 4 aromatic carbocycles. The number of benzene rings is 4. The highest BCUT2D eigenvalue weighted by molar-refractivity contribution is 6.30. The van der Waals surface area contributed by atoms with Gasteiger partial charge in [0.1, 0.15) is 11.6 Å². The monoisotopic (exact) mass is 786 g/mol. The van der Waals surface area contributed by atoms with E-state index in [4.69, 9.17) is 33.2 Å². The van der Waals surface area contributed by atoms with Crippen molar-refractivity contribution in [1.82, 2.24) is 23.7 Å². The summed E-state index contributed by atoms with van der Waals surface area (Å²) >= 11 is 12.0. The minimum absolute atomic E-state index is 0.0159. The van der Waals surface area contributed by atoms with Crippen molar-refractivity contribution in [2.45, 2.75) is 60.3 Å². The van der Waals surface area contributed by atoms with Gasteiger partial charge in [0.05, 0.1) is 50.9 Å². The van der Waals surface area contributed by atoms with Gasteiger partial charge >= 0.3 is 0 Å². The molecule has 56 heavy (non-hydrogen) atoms. The Bertz CT molecular complexity index is 2890. The molecule has 10 nitrogen and oxygen atoms in total. The number of rotatable bonds is 4. The lowest BCUT2D eigenvalue weighted by Gasteiger charge is -2.18. The number of anilines is 1. The van der Waals surface area contributed by atoms with Gasteiger partial charge in [-0.1, -0.05) is 57.5 Å². The smallest absolute Gasteiger partial charge is 0.266 e. The van der Waals surface area contributed by atoms with E-state index in [1.165, 1.54) is 13.8 Å². The van der Waals surface area contributed by atoms with Crippen LogP contribution in [0.4, 0.5) is 5.69 Å². The summed E-state index contributed by atoms with van der Waals surface area (Å²) < 4.78 is 4.88. The SMILES string of the molecule is C=C1CN(C(C)=O)c2ccc3c(=O)n(-c4ccc(Cl)cc4)c(C(C)C)nc3c21.CC(=O)n1cc(C)c2c3nc(C(C)C)n(-c4ccc(Cl)cc4)c(=O)c3ccc21. The quantitative estimate of drug-likeness (QED) is 0.176. The molecular formula is C44H40Cl2N6O4. The maximum absolute atomic E-state index is 13.5. The van der Waals surface area contributed by atoms with Gasteiger partial charge in [0, 0.05) is 52.9 Å². The van der Waals surface area contributed by atoms with Crippen LogP contribution in [0.3, 0.4) is 0 Å². The first-order valence-corrected chi connectivity index (χ1v) is 19.0. The van der Waals surface area contributed by atoms with Gasteiger partial charge in [0.15, 0.2) is 0 Å². The Hall–Kier alpha value is -5.84. The predicted molar refractivity (Wildman–Crippen MR) is 226 cm³/mol. The number of nitrogens with zero attached hydrogens (tertiary/aromatic N) is 6. The fourth-order valence-corrected chi connectivity index (χ4v) is 7.61. The number of fused-ring (bicyclic) bond motifs is 6. The van der Waals surface area contributed by atoms with Gasteiger partial charge in [-0.3, -0.25) is 32.9 Å². The van der Waals surface area contributed by atoms with Gasteiger partial charge in [-0.05, 0) is 90.9 Å². The maximum Gasteiger partial charge on any atom is 0.266 e. The van der Waals surface area contributed by atoms with E-state index in [0.29, 0.717) is 50.0 Å². The van der Waals surface area contributed by atoms with E-state index in [1.54, 1.807) is 61.2 Å². The Balaban J connectivity index is 0.000000172. The normalized spacial score (nSPS) is 12.6. The third-order valence-corrected chi connectivity index (χ3v) is 10.5. The molecule has 0 spiro atoms. The second-order valence-corrected chi connectivity index (χ2v) is 15.5. The molecule has 0 fully saturated rings. The van der Waals surface area contributed by atoms with Gasteiger partial charge in [-0.25, -0.2) is 9.97 Å². The number of halogens is 2. The van der Waals surface area contributed by atoms with Crippen LogP contribution in [0.5, 0.6) is 0 Å². The highest BCUT2D eigenvalue weighted by atomic mass is 35.5. The van der Waals surface area contributed by atoms with Crippen LogP contribution in [0.2, 0.25) is 10.0 Å². The zero-order valence-corrected chi connectivity index (χ0v) is 33.7. The van der Waals surface area contributed by atoms with E-state index in [9.17, 15) is 19.2 Å². The predicted octanol–water partition coefficient (Wildman–Crippen LogP) is 9.63. The van der Waals surface area contributed by atoms with Crippen molar-refractivity contribution in [2.24, 2.45) is 0 Å². The lowest BCUT2D eigenvalue weighted by Crippen LogP contribution is -2.26. The Morgan fingerprint density at radius 3 is 1.66 bits per heavy atom. The number of carbonyl (C=O) groups excluding carboxylic acids is 2. The van der Waals surface area contributed by atoms with Crippen LogP contribution < -0.4 is 16.0 Å². The van der Waals surface area contributed by atoms with E-state index in [-0.39, 0.29) is 34.8 Å². The third-order valence-electron chi connectivity index (χ3n) is 9.98. The van der Waals surface area contributed by atoms with Crippen LogP contribution in [0.1, 0.15) is 80.9 Å². The Labute approximate surface area is 333 Å². The number of hydrogen-bond acceptors (Lipinski definition) is 6. The third kappa shape index (κ3) is 6.52. The van der Waals surface area contributed by atoms with Gasteiger partial charge in [0.2, 0.25) is 11.8 Å². The van der Waals surface area contributed by atoms with Crippen molar-refractivity contribution in [3.63, 3.8) is 0 Å². The minimum atomic E-state index is -0.145. The Kier molecular flexibility index (Phi) is 10.1. The van der Waals surface area contributed by atoms with Crippen molar-refractivity contribution in [3.8, 4) is 11.4 Å². The average molecular weight is 788 g/mol. The molecule has 12 heteroatoms. The first kappa shape index (κ1) is 38.4. The molecule has 1 aliphatic heterocycles. The van der Waals surface area contributed by atoms with E-state index >= 15 is 0 Å². The second kappa shape index (κ2) is 14.7. The molecular weight excluding hydrogens is 747 g/mol. The van der Waals surface area contributed by atoms with Crippen LogP contribution in [0, 0.1) is 6.92 Å². The van der Waals surface area contributed by atoms with Crippen LogP contribution in [-0.2, 0) is 4.79 Å². The maximum atomic E-state index is 13.5. The van der Waals surface area contributed by atoms with Gasteiger partial charge in [-0.2, -0.15) is 0 Å². The lowest BCUT2D eigenvalue weighted by atomic mass is 10.0. The lowest BCUT2D eigenvalue weighted by molar-refractivity contribution is -0.116. The fourth-order valence-electron chi connectivity index (χ4n) is 7.36. The molecule has 0 saturated heterocycles. The van der Waals surface area contributed by atoms with Crippen LogP contribution in [0.25, 0.3) is 49.7 Å². The molecule has 3 aromatic heterocycles. The van der Waals surface area contributed by atoms with Crippen molar-refractivity contribution >= 4 is 79.0 Å². The molecule has 0 saturated carbocycles. The van der Waals surface area contributed by atoms with Crippen molar-refractivity contribution < 1.29 is 9.59 Å². The summed E-state index contributed by atoms with van der Waals surface area (Å²) in [5, 5.41) is 3.09. The number of carbonyl (C=O) groups is 2. The number of aromatic nitrogens is 5. The average Bonchev–Trinajstić information content (AvgIpc) is 3.69. The van der Waals surface area contributed by atoms with Crippen LogP contribution in [0.15, 0.2) is 95.2 Å². The number of amides is 1. The highest BCUT2D eigenvalue weighted by Crippen LogP contribution is 2.39. The van der Waals surface area contributed by atoms with Crippen molar-refractivity contribution in [2.75, 3.05) is 11.4 Å². The molecule has 0 aliphatic carbocycles. The van der Waals surface area contributed by atoms with E-state index in [1.807, 2.05) is 71.0 Å². The number of aryl methyl sites for hydroxylation is 1. The van der Waals surface area contributed by atoms with E-state index in [2.05, 4.69) is 6.58 Å². The van der Waals surface area contributed by atoms with E-state index < -0.39 is 0 Å². The topological polar surface area (TPSA) is 112 Å². The Morgan fingerprint density at radius 1 is 0.696 bits per heavy atom. The van der Waals surface area contributed by atoms with Crippen molar-refractivity contribution in [1.29, 1.82) is 0 Å². The zero-order valence-electron chi connectivity index (χ0n) is 32.1. The first-order valence-electron chi connectivity index (χ1n) is 18.2. The Morgan fingerprint density at radius 2 is 1.18 bits per heavy atom. The molecule has 7 aromatic rings. The van der Waals surface area contributed by atoms with Gasteiger partial charge < -0.3 is 4.90 Å². The summed E-state index contributed by atoms with van der Waals surface area (Å²) in [4.78, 5) is 62.3. The molecule has 8 rings (SSSR count). The summed E-state index contributed by atoms with van der Waals surface area (Å²) in [5.41, 5.74) is 6.43. The summed E-state index contributed by atoms with van der Waals surface area (Å²) in [6, 6.07) is 21.4. The second-order valence-electron chi connectivity index (χ2n) is 14.6. The molecule has 4 heterocycles. The molecule has 1 amide bonds. The molecule has 0 radical (unpaired) electrons. The van der Waals surface area contributed by atoms with Crippen LogP contribution in [-0.4, -0.2) is 42.0 Å². The molecule has 284 valence electrons. The summed E-state index contributed by atoms with van der Waals surface area (Å²) in [7, 11) is 0. The molecule has 1 aliphatic rings. The minimum Gasteiger partial charge on any atom is -0.308 e. The standard InChI is InChI=1S/2C22H20ClN3O2/c2*1-12(2)21-24-20-17(22(28)26(21)16-7-5-15(23)6-8-16)9-10-18-19(20)13(3)11-25(18)14(4)27/h5-12H,1-4H3;5-10,12H,3,11H2,1-2,4H3. The molecule has 0 unspecified atom stereocenters. The van der Waals surface area contributed by atoms with Gasteiger partial charge in [-0.15, -0.1) is 0 Å². The van der Waals surface area contributed by atoms with Crippen molar-refractivity contribution in [3.05, 3.63) is 139 Å². The zero-order chi connectivity index (χ0) is 40.3. The highest BCUT2D eigenvalue weighted by Gasteiger charge is 2.29. The number of hydrogen-bond donors (Lipinski definition) is 0. The molecule has 0 atom stereocenters. The summed E-state index contributed by atoms with van der Waals surface area (Å²) in [6.07, 6.45) is 1.80. The largest absolute Gasteiger partial charge is 0.308 e. The molecule has 0 bridgehead atoms. The summed E-state index contributed by atoms with van der Waals surface area (Å²) in [6.45, 7) is 17.5. The molecule has 0 N–H and O–H groups in total.